The maximum absolute atomic E-state index is 11.6. The van der Waals surface area contributed by atoms with Crippen LogP contribution in [0.5, 0.6) is 0 Å². The van der Waals surface area contributed by atoms with Crippen LogP contribution in [0.25, 0.3) is 0 Å². The Hall–Kier alpha value is -1.49. The van der Waals surface area contributed by atoms with E-state index in [1.165, 1.54) is 11.8 Å². The zero-order valence-corrected chi connectivity index (χ0v) is 9.80. The lowest BCUT2D eigenvalue weighted by atomic mass is 10.3. The molecule has 86 valence electrons. The Balaban J connectivity index is 1.88. The van der Waals surface area contributed by atoms with E-state index < -0.39 is 0 Å². The highest BCUT2D eigenvalue weighted by atomic mass is 32.1. The number of aryl methyl sites for hydroxylation is 1. The lowest BCUT2D eigenvalue weighted by Crippen LogP contribution is -2.27. The van der Waals surface area contributed by atoms with Crippen LogP contribution in [0.4, 0.5) is 0 Å². The maximum atomic E-state index is 11.6. The topological polar surface area (TPSA) is 47.6 Å². The van der Waals surface area contributed by atoms with Crippen LogP contribution in [0.1, 0.15) is 10.4 Å². The van der Waals surface area contributed by atoms with Gasteiger partial charge < -0.3 is 14.8 Å². The van der Waals surface area contributed by atoms with E-state index in [9.17, 15) is 4.79 Å². The fraction of sp³-hybridized carbons (Fsp3) is 0.364. The highest BCUT2D eigenvalue weighted by Crippen LogP contribution is 2.15. The SMILES string of the molecule is Cc1ccsc1CNC(=O)C1=COCCO1. The molecule has 1 aromatic rings. The zero-order chi connectivity index (χ0) is 11.4. The van der Waals surface area contributed by atoms with Crippen molar-refractivity contribution in [3.05, 3.63) is 33.9 Å². The third-order valence-electron chi connectivity index (χ3n) is 2.25. The number of hydrogen-bond donors (Lipinski definition) is 1. The molecule has 1 aromatic heterocycles. The highest BCUT2D eigenvalue weighted by molar-refractivity contribution is 7.10. The van der Waals surface area contributed by atoms with Crippen molar-refractivity contribution >= 4 is 17.2 Å². The summed E-state index contributed by atoms with van der Waals surface area (Å²) < 4.78 is 10.2. The van der Waals surface area contributed by atoms with Crippen LogP contribution in [0, 0.1) is 6.92 Å². The van der Waals surface area contributed by atoms with Crippen molar-refractivity contribution in [2.24, 2.45) is 0 Å². The predicted octanol–water partition coefficient (Wildman–Crippen LogP) is 1.56. The van der Waals surface area contributed by atoms with E-state index in [1.54, 1.807) is 11.3 Å². The van der Waals surface area contributed by atoms with Gasteiger partial charge >= 0.3 is 0 Å². The minimum Gasteiger partial charge on any atom is -0.494 e. The Morgan fingerprint density at radius 3 is 3.06 bits per heavy atom. The van der Waals surface area contributed by atoms with Crippen LogP contribution >= 0.6 is 11.3 Å². The first-order chi connectivity index (χ1) is 7.77. The van der Waals surface area contributed by atoms with Crippen molar-refractivity contribution in [3.63, 3.8) is 0 Å². The number of amides is 1. The van der Waals surface area contributed by atoms with E-state index >= 15 is 0 Å². The minimum atomic E-state index is -0.229. The number of carbonyl (C=O) groups is 1. The van der Waals surface area contributed by atoms with Crippen LogP contribution < -0.4 is 5.32 Å². The molecule has 0 atom stereocenters. The summed E-state index contributed by atoms with van der Waals surface area (Å²) in [6.07, 6.45) is 1.36. The predicted molar refractivity (Wildman–Crippen MR) is 60.9 cm³/mol. The van der Waals surface area contributed by atoms with Crippen molar-refractivity contribution < 1.29 is 14.3 Å². The summed E-state index contributed by atoms with van der Waals surface area (Å²) in [4.78, 5) is 12.8. The summed E-state index contributed by atoms with van der Waals surface area (Å²) in [5.74, 6) is 0.0213. The Morgan fingerprint density at radius 2 is 2.44 bits per heavy atom. The van der Waals surface area contributed by atoms with Gasteiger partial charge in [0, 0.05) is 4.88 Å². The second-order valence-corrected chi connectivity index (χ2v) is 4.41. The normalized spacial score (nSPS) is 14.7. The Morgan fingerprint density at radius 1 is 1.56 bits per heavy atom. The van der Waals surface area contributed by atoms with Gasteiger partial charge in [-0.2, -0.15) is 0 Å². The monoisotopic (exact) mass is 239 g/mol. The zero-order valence-electron chi connectivity index (χ0n) is 8.99. The van der Waals surface area contributed by atoms with Crippen molar-refractivity contribution in [2.75, 3.05) is 13.2 Å². The summed E-state index contributed by atoms with van der Waals surface area (Å²) in [6.45, 7) is 3.48. The molecule has 0 spiro atoms. The van der Waals surface area contributed by atoms with Gasteiger partial charge in [0.15, 0.2) is 0 Å². The largest absolute Gasteiger partial charge is 0.494 e. The van der Waals surface area contributed by atoms with Gasteiger partial charge in [-0.3, -0.25) is 4.79 Å². The molecule has 16 heavy (non-hydrogen) atoms. The molecule has 0 saturated heterocycles. The molecule has 0 radical (unpaired) electrons. The molecule has 0 aromatic carbocycles. The van der Waals surface area contributed by atoms with E-state index in [0.717, 1.165) is 4.88 Å². The molecule has 1 N–H and O–H groups in total. The van der Waals surface area contributed by atoms with Gasteiger partial charge in [-0.15, -0.1) is 11.3 Å². The Kier molecular flexibility index (Phi) is 3.46. The van der Waals surface area contributed by atoms with Crippen LogP contribution in [-0.2, 0) is 20.8 Å². The molecule has 2 rings (SSSR count). The molecule has 0 saturated carbocycles. The summed E-state index contributed by atoms with van der Waals surface area (Å²) in [7, 11) is 0. The van der Waals surface area contributed by atoms with Gasteiger partial charge in [-0.25, -0.2) is 0 Å². The highest BCUT2D eigenvalue weighted by Gasteiger charge is 2.14. The van der Waals surface area contributed by atoms with Gasteiger partial charge in [0.2, 0.25) is 5.76 Å². The smallest absolute Gasteiger partial charge is 0.289 e. The number of rotatable bonds is 3. The number of nitrogens with one attached hydrogen (secondary N) is 1. The molecule has 0 aliphatic carbocycles. The minimum absolute atomic E-state index is 0.229. The molecule has 2 heterocycles. The number of ether oxygens (including phenoxy) is 2. The molecular formula is C11H13NO3S. The molecule has 1 aliphatic heterocycles. The fourth-order valence-corrected chi connectivity index (χ4v) is 2.17. The average molecular weight is 239 g/mol. The molecule has 1 aliphatic rings. The number of carbonyl (C=O) groups excluding carboxylic acids is 1. The van der Waals surface area contributed by atoms with Crippen molar-refractivity contribution in [1.82, 2.24) is 5.32 Å². The summed E-state index contributed by atoms with van der Waals surface area (Å²) in [6, 6.07) is 2.03. The molecular weight excluding hydrogens is 226 g/mol. The van der Waals surface area contributed by atoms with E-state index in [1.807, 2.05) is 18.4 Å². The number of hydrogen-bond acceptors (Lipinski definition) is 4. The maximum Gasteiger partial charge on any atom is 0.289 e. The molecule has 0 fully saturated rings. The summed E-state index contributed by atoms with van der Waals surface area (Å²) >= 11 is 1.63. The summed E-state index contributed by atoms with van der Waals surface area (Å²) in [5.41, 5.74) is 1.19. The molecule has 0 bridgehead atoms. The van der Waals surface area contributed by atoms with E-state index in [-0.39, 0.29) is 11.7 Å². The first-order valence-electron chi connectivity index (χ1n) is 5.03. The second-order valence-electron chi connectivity index (χ2n) is 3.41. The number of thiophene rings is 1. The van der Waals surface area contributed by atoms with Gasteiger partial charge in [0.05, 0.1) is 6.54 Å². The van der Waals surface area contributed by atoms with Crippen LogP contribution in [0.3, 0.4) is 0 Å². The van der Waals surface area contributed by atoms with Crippen LogP contribution in [-0.4, -0.2) is 19.1 Å². The second kappa shape index (κ2) is 5.03. The Bertz CT molecular complexity index is 411. The van der Waals surface area contributed by atoms with Crippen molar-refractivity contribution in [3.8, 4) is 0 Å². The van der Waals surface area contributed by atoms with Gasteiger partial charge in [-0.1, -0.05) is 0 Å². The lowest BCUT2D eigenvalue weighted by Gasteiger charge is -2.14. The van der Waals surface area contributed by atoms with Gasteiger partial charge in [-0.05, 0) is 23.9 Å². The third-order valence-corrected chi connectivity index (χ3v) is 3.27. The van der Waals surface area contributed by atoms with Gasteiger partial charge in [0.25, 0.3) is 5.91 Å². The van der Waals surface area contributed by atoms with E-state index in [2.05, 4.69) is 5.32 Å². The molecule has 1 amide bonds. The lowest BCUT2D eigenvalue weighted by molar-refractivity contribution is -0.122. The third kappa shape index (κ3) is 2.55. The van der Waals surface area contributed by atoms with E-state index in [0.29, 0.717) is 19.8 Å². The molecule has 5 heteroatoms. The standard InChI is InChI=1S/C11H13NO3S/c1-8-2-5-16-10(8)6-12-11(13)9-7-14-3-4-15-9/h2,5,7H,3-4,6H2,1H3,(H,12,13). The Labute approximate surface area is 97.9 Å². The first kappa shape index (κ1) is 11.0. The quantitative estimate of drug-likeness (QED) is 0.870. The van der Waals surface area contributed by atoms with E-state index in [4.69, 9.17) is 9.47 Å². The van der Waals surface area contributed by atoms with Crippen LogP contribution in [0.15, 0.2) is 23.5 Å². The summed E-state index contributed by atoms with van der Waals surface area (Å²) in [5, 5.41) is 4.80. The fourth-order valence-electron chi connectivity index (χ4n) is 1.32. The van der Waals surface area contributed by atoms with Crippen molar-refractivity contribution in [1.29, 1.82) is 0 Å². The molecule has 0 unspecified atom stereocenters. The van der Waals surface area contributed by atoms with Crippen molar-refractivity contribution in [2.45, 2.75) is 13.5 Å². The van der Waals surface area contributed by atoms with Crippen LogP contribution in [0.2, 0.25) is 0 Å². The first-order valence-corrected chi connectivity index (χ1v) is 5.91. The molecule has 4 nitrogen and oxygen atoms in total. The average Bonchev–Trinajstić information content (AvgIpc) is 2.73. The van der Waals surface area contributed by atoms with Gasteiger partial charge in [0.1, 0.15) is 19.5 Å².